The van der Waals surface area contributed by atoms with E-state index in [1.54, 1.807) is 18.3 Å². The van der Waals surface area contributed by atoms with Gasteiger partial charge in [0, 0.05) is 11.8 Å². The standard InChI is InChI=1S/C9H9NO.C2H6/c1-3-8-5-4-6-10-9(8)7(2)11;1-2/h3-6,11H,1-2H2;1-2H3. The summed E-state index contributed by atoms with van der Waals surface area (Å²) in [5, 5.41) is 9.03. The highest BCUT2D eigenvalue weighted by molar-refractivity contribution is 5.64. The van der Waals surface area contributed by atoms with Crippen molar-refractivity contribution in [3.8, 4) is 0 Å². The molecule has 70 valence electrons. The minimum Gasteiger partial charge on any atom is -0.506 e. The molecule has 2 heteroatoms. The highest BCUT2D eigenvalue weighted by Gasteiger charge is 2.00. The molecule has 0 aromatic carbocycles. The van der Waals surface area contributed by atoms with Gasteiger partial charge in [0.2, 0.25) is 0 Å². The van der Waals surface area contributed by atoms with Crippen LogP contribution in [0.2, 0.25) is 0 Å². The summed E-state index contributed by atoms with van der Waals surface area (Å²) < 4.78 is 0. The van der Waals surface area contributed by atoms with Crippen LogP contribution < -0.4 is 0 Å². The van der Waals surface area contributed by atoms with E-state index >= 15 is 0 Å². The van der Waals surface area contributed by atoms with Crippen LogP contribution in [0, 0.1) is 0 Å². The smallest absolute Gasteiger partial charge is 0.134 e. The molecule has 1 rings (SSSR count). The molecule has 1 aromatic heterocycles. The maximum atomic E-state index is 9.03. The number of aliphatic hydroxyl groups excluding tert-OH is 1. The molecule has 1 N–H and O–H groups in total. The van der Waals surface area contributed by atoms with Crippen LogP contribution in [0.25, 0.3) is 11.8 Å². The van der Waals surface area contributed by atoms with Crippen LogP contribution in [-0.4, -0.2) is 10.1 Å². The maximum Gasteiger partial charge on any atom is 0.134 e. The summed E-state index contributed by atoms with van der Waals surface area (Å²) in [7, 11) is 0. The van der Waals surface area contributed by atoms with Gasteiger partial charge in [0.15, 0.2) is 0 Å². The topological polar surface area (TPSA) is 33.1 Å². The second kappa shape index (κ2) is 6.00. The largest absolute Gasteiger partial charge is 0.506 e. The van der Waals surface area contributed by atoms with Gasteiger partial charge < -0.3 is 5.11 Å². The summed E-state index contributed by atoms with van der Waals surface area (Å²) in [5.74, 6) is -0.0273. The predicted octanol–water partition coefficient (Wildman–Crippen LogP) is 3.28. The normalized spacial score (nSPS) is 8.15. The van der Waals surface area contributed by atoms with Crippen molar-refractivity contribution >= 4 is 11.8 Å². The van der Waals surface area contributed by atoms with Gasteiger partial charge in [-0.1, -0.05) is 39.1 Å². The van der Waals surface area contributed by atoms with Crippen molar-refractivity contribution < 1.29 is 5.11 Å². The van der Waals surface area contributed by atoms with E-state index < -0.39 is 0 Å². The highest BCUT2D eigenvalue weighted by Crippen LogP contribution is 2.12. The Morgan fingerprint density at radius 3 is 2.54 bits per heavy atom. The third kappa shape index (κ3) is 3.11. The zero-order chi connectivity index (χ0) is 10.3. The Balaban J connectivity index is 0.000000671. The van der Waals surface area contributed by atoms with Gasteiger partial charge in [0.1, 0.15) is 11.5 Å². The van der Waals surface area contributed by atoms with Gasteiger partial charge in [-0.05, 0) is 6.07 Å². The van der Waals surface area contributed by atoms with Crippen LogP contribution >= 0.6 is 0 Å². The molecular weight excluding hydrogens is 162 g/mol. The van der Waals surface area contributed by atoms with Gasteiger partial charge in [-0.2, -0.15) is 0 Å². The summed E-state index contributed by atoms with van der Waals surface area (Å²) in [5.41, 5.74) is 1.28. The first-order valence-corrected chi connectivity index (χ1v) is 4.21. The first-order valence-electron chi connectivity index (χ1n) is 4.21. The van der Waals surface area contributed by atoms with E-state index in [2.05, 4.69) is 18.1 Å². The van der Waals surface area contributed by atoms with Crippen molar-refractivity contribution in [3.63, 3.8) is 0 Å². The van der Waals surface area contributed by atoms with Gasteiger partial charge in [0.05, 0.1) is 0 Å². The van der Waals surface area contributed by atoms with Crippen molar-refractivity contribution in [2.24, 2.45) is 0 Å². The first kappa shape index (κ1) is 11.4. The molecule has 2 nitrogen and oxygen atoms in total. The van der Waals surface area contributed by atoms with Gasteiger partial charge in [-0.3, -0.25) is 4.98 Å². The van der Waals surface area contributed by atoms with E-state index in [-0.39, 0.29) is 5.76 Å². The zero-order valence-electron chi connectivity index (χ0n) is 8.12. The minimum absolute atomic E-state index is 0.0273. The lowest BCUT2D eigenvalue weighted by atomic mass is 10.2. The molecule has 0 saturated heterocycles. The molecular formula is C11H15NO. The average Bonchev–Trinajstić information content (AvgIpc) is 2.20. The quantitative estimate of drug-likeness (QED) is 0.703. The Labute approximate surface area is 79.3 Å². The molecule has 0 fully saturated rings. The van der Waals surface area contributed by atoms with Crippen molar-refractivity contribution in [1.29, 1.82) is 0 Å². The zero-order valence-corrected chi connectivity index (χ0v) is 8.12. The van der Waals surface area contributed by atoms with Gasteiger partial charge >= 0.3 is 0 Å². The lowest BCUT2D eigenvalue weighted by molar-refractivity contribution is 0.510. The fraction of sp³-hybridized carbons (Fsp3) is 0.182. The SMILES string of the molecule is C=Cc1cccnc1C(=C)O.CC. The first-order chi connectivity index (χ1) is 6.25. The summed E-state index contributed by atoms with van der Waals surface area (Å²) in [6, 6.07) is 3.60. The second-order valence-electron chi connectivity index (χ2n) is 2.09. The number of hydrogen-bond donors (Lipinski definition) is 1. The highest BCUT2D eigenvalue weighted by atomic mass is 16.3. The lowest BCUT2D eigenvalue weighted by Crippen LogP contribution is -1.89. The van der Waals surface area contributed by atoms with Gasteiger partial charge in [0.25, 0.3) is 0 Å². The van der Waals surface area contributed by atoms with Crippen molar-refractivity contribution in [3.05, 3.63) is 42.7 Å². The molecule has 13 heavy (non-hydrogen) atoms. The van der Waals surface area contributed by atoms with Crippen LogP contribution in [0.1, 0.15) is 25.1 Å². The molecule has 0 unspecified atom stereocenters. The van der Waals surface area contributed by atoms with Crippen LogP contribution in [0.5, 0.6) is 0 Å². The van der Waals surface area contributed by atoms with E-state index in [0.717, 1.165) is 5.56 Å². The average molecular weight is 177 g/mol. The van der Waals surface area contributed by atoms with Gasteiger partial charge in [-0.15, -0.1) is 0 Å². The minimum atomic E-state index is -0.0273. The van der Waals surface area contributed by atoms with Crippen molar-refractivity contribution in [1.82, 2.24) is 4.98 Å². The number of aromatic nitrogens is 1. The molecule has 0 spiro atoms. The number of pyridine rings is 1. The number of hydrogen-bond acceptors (Lipinski definition) is 2. The second-order valence-corrected chi connectivity index (χ2v) is 2.09. The summed E-state index contributed by atoms with van der Waals surface area (Å²) in [6.07, 6.45) is 3.23. The maximum absolute atomic E-state index is 9.03. The Morgan fingerprint density at radius 2 is 2.15 bits per heavy atom. The van der Waals surface area contributed by atoms with Gasteiger partial charge in [-0.25, -0.2) is 0 Å². The van der Waals surface area contributed by atoms with E-state index in [1.165, 1.54) is 0 Å². The third-order valence-corrected chi connectivity index (χ3v) is 1.33. The predicted molar refractivity (Wildman–Crippen MR) is 57.3 cm³/mol. The molecule has 0 amide bonds. The summed E-state index contributed by atoms with van der Waals surface area (Å²) >= 11 is 0. The Hall–Kier alpha value is -1.57. The number of aliphatic hydroxyl groups is 1. The van der Waals surface area contributed by atoms with E-state index in [0.29, 0.717) is 5.69 Å². The molecule has 0 aliphatic carbocycles. The molecule has 0 radical (unpaired) electrons. The van der Waals surface area contributed by atoms with E-state index in [1.807, 2.05) is 19.9 Å². The fourth-order valence-electron chi connectivity index (χ4n) is 0.824. The Morgan fingerprint density at radius 1 is 1.54 bits per heavy atom. The molecule has 0 aliphatic heterocycles. The summed E-state index contributed by atoms with van der Waals surface area (Å²) in [6.45, 7) is 11.0. The monoisotopic (exact) mass is 177 g/mol. The molecule has 1 heterocycles. The van der Waals surface area contributed by atoms with Crippen LogP contribution in [0.3, 0.4) is 0 Å². The molecule has 0 saturated carbocycles. The fourth-order valence-corrected chi connectivity index (χ4v) is 0.824. The van der Waals surface area contributed by atoms with Crippen LogP contribution in [0.4, 0.5) is 0 Å². The molecule has 0 atom stereocenters. The number of nitrogens with zero attached hydrogens (tertiary/aromatic N) is 1. The molecule has 1 aromatic rings. The van der Waals surface area contributed by atoms with Crippen LogP contribution in [0.15, 0.2) is 31.5 Å². The van der Waals surface area contributed by atoms with Crippen LogP contribution in [-0.2, 0) is 0 Å². The molecule has 0 bridgehead atoms. The third-order valence-electron chi connectivity index (χ3n) is 1.33. The Bertz CT molecular complexity index is 292. The number of rotatable bonds is 2. The van der Waals surface area contributed by atoms with Crippen molar-refractivity contribution in [2.45, 2.75) is 13.8 Å². The molecule has 0 aliphatic rings. The summed E-state index contributed by atoms with van der Waals surface area (Å²) in [4.78, 5) is 3.93. The lowest BCUT2D eigenvalue weighted by Gasteiger charge is -2.00. The Kier molecular flexibility index (Phi) is 5.28. The van der Waals surface area contributed by atoms with E-state index in [4.69, 9.17) is 5.11 Å². The van der Waals surface area contributed by atoms with E-state index in [9.17, 15) is 0 Å². The van der Waals surface area contributed by atoms with Crippen molar-refractivity contribution in [2.75, 3.05) is 0 Å².